The molecular weight excluding hydrogens is 280 g/mol. The number of para-hydroxylation sites is 1. The van der Waals surface area contributed by atoms with E-state index in [1.165, 1.54) is 0 Å². The van der Waals surface area contributed by atoms with Crippen LogP contribution in [-0.4, -0.2) is 15.8 Å². The van der Waals surface area contributed by atoms with E-state index in [2.05, 4.69) is 20.8 Å². The molecule has 2 N–H and O–H groups in total. The van der Waals surface area contributed by atoms with Crippen molar-refractivity contribution in [3.05, 3.63) is 59.4 Å². The van der Waals surface area contributed by atoms with Gasteiger partial charge in [-0.15, -0.1) is 0 Å². The second-order valence-corrected chi connectivity index (χ2v) is 5.15. The van der Waals surface area contributed by atoms with Gasteiger partial charge in [-0.05, 0) is 56.2 Å². The van der Waals surface area contributed by atoms with E-state index in [0.717, 1.165) is 28.2 Å². The predicted octanol–water partition coefficient (Wildman–Crippen LogP) is 3.41. The number of nitrogens with zero attached hydrogens (tertiary/aromatic N) is 2. The molecule has 1 aromatic carbocycles. The highest BCUT2D eigenvalue weighted by Crippen LogP contribution is 2.19. The molecule has 108 valence electrons. The molecule has 0 saturated heterocycles. The molecule has 0 saturated carbocycles. The fraction of sp³-hybridized carbons (Fsp3) is 0.188. The molecule has 0 fully saturated rings. The highest BCUT2D eigenvalue weighted by Gasteiger charge is 2.04. The van der Waals surface area contributed by atoms with Crippen molar-refractivity contribution in [2.75, 3.05) is 5.32 Å². The molecule has 0 aliphatic rings. The average Bonchev–Trinajstić information content (AvgIpc) is 2.49. The molecule has 2 aromatic rings. The van der Waals surface area contributed by atoms with Gasteiger partial charge >= 0.3 is 0 Å². The summed E-state index contributed by atoms with van der Waals surface area (Å²) < 4.78 is 0. The molecule has 1 heterocycles. The lowest BCUT2D eigenvalue weighted by molar-refractivity contribution is 1.03. The Morgan fingerprint density at radius 2 is 1.81 bits per heavy atom. The summed E-state index contributed by atoms with van der Waals surface area (Å²) in [5.74, 6) is 0. The first-order valence-corrected chi connectivity index (χ1v) is 7.07. The van der Waals surface area contributed by atoms with Crippen molar-refractivity contribution in [2.24, 2.45) is 5.10 Å². The van der Waals surface area contributed by atoms with Gasteiger partial charge in [0.05, 0.1) is 11.4 Å². The molecule has 2 rings (SSSR count). The number of nitrogens with one attached hydrogen (secondary N) is 2. The van der Waals surface area contributed by atoms with Crippen molar-refractivity contribution in [3.8, 4) is 0 Å². The lowest BCUT2D eigenvalue weighted by Gasteiger charge is -2.13. The minimum Gasteiger partial charge on any atom is -0.331 e. The van der Waals surface area contributed by atoms with E-state index in [0.29, 0.717) is 5.11 Å². The summed E-state index contributed by atoms with van der Waals surface area (Å²) in [6.45, 7) is 5.97. The molecule has 21 heavy (non-hydrogen) atoms. The topological polar surface area (TPSA) is 49.3 Å². The molecule has 0 atom stereocenters. The quantitative estimate of drug-likeness (QED) is 0.518. The number of benzene rings is 1. The summed E-state index contributed by atoms with van der Waals surface area (Å²) in [5, 5.41) is 7.89. The molecule has 0 radical (unpaired) electrons. The summed E-state index contributed by atoms with van der Waals surface area (Å²) in [4.78, 5) is 4.23. The second kappa shape index (κ2) is 6.95. The number of aryl methyl sites for hydroxylation is 2. The van der Waals surface area contributed by atoms with E-state index in [9.17, 15) is 0 Å². The highest BCUT2D eigenvalue weighted by molar-refractivity contribution is 7.80. The Labute approximate surface area is 130 Å². The van der Waals surface area contributed by atoms with Crippen molar-refractivity contribution in [2.45, 2.75) is 20.8 Å². The first-order chi connectivity index (χ1) is 10.1. The second-order valence-electron chi connectivity index (χ2n) is 4.74. The maximum absolute atomic E-state index is 5.27. The Morgan fingerprint density at radius 1 is 1.10 bits per heavy atom. The summed E-state index contributed by atoms with van der Waals surface area (Å²) in [7, 11) is 0. The third-order valence-corrected chi connectivity index (χ3v) is 3.27. The standard InChI is InChI=1S/C16H18N4S/c1-11-7-6-8-12(2)15(11)18-16(21)20-19-13(3)14-9-4-5-10-17-14/h4-10H,1-3H3,(H2,18,20,21)/b19-13-. The summed E-state index contributed by atoms with van der Waals surface area (Å²) in [6.07, 6.45) is 1.74. The number of pyridine rings is 1. The zero-order valence-electron chi connectivity index (χ0n) is 12.3. The monoisotopic (exact) mass is 298 g/mol. The number of thiocarbonyl (C=S) groups is 1. The van der Waals surface area contributed by atoms with Crippen molar-refractivity contribution in [1.82, 2.24) is 10.4 Å². The molecule has 0 aliphatic carbocycles. The van der Waals surface area contributed by atoms with Crippen molar-refractivity contribution in [1.29, 1.82) is 0 Å². The number of rotatable bonds is 3. The minimum atomic E-state index is 0.461. The van der Waals surface area contributed by atoms with Gasteiger partial charge in [0.25, 0.3) is 0 Å². The van der Waals surface area contributed by atoms with Crippen LogP contribution in [0.15, 0.2) is 47.7 Å². The van der Waals surface area contributed by atoms with Crippen molar-refractivity contribution >= 4 is 28.7 Å². The van der Waals surface area contributed by atoms with Gasteiger partial charge in [0.15, 0.2) is 5.11 Å². The smallest absolute Gasteiger partial charge is 0.191 e. The molecule has 0 spiro atoms. The van der Waals surface area contributed by atoms with Crippen LogP contribution in [-0.2, 0) is 0 Å². The van der Waals surface area contributed by atoms with E-state index < -0.39 is 0 Å². The third kappa shape index (κ3) is 4.10. The molecule has 4 nitrogen and oxygen atoms in total. The van der Waals surface area contributed by atoms with E-state index in [4.69, 9.17) is 12.2 Å². The fourth-order valence-electron chi connectivity index (χ4n) is 1.92. The molecular formula is C16H18N4S. The van der Waals surface area contributed by atoms with Crippen LogP contribution in [0.2, 0.25) is 0 Å². The number of hydrogen-bond acceptors (Lipinski definition) is 3. The SMILES string of the molecule is C/C(=N/NC(=S)Nc1c(C)cccc1C)c1ccccn1. The molecule has 0 unspecified atom stereocenters. The Morgan fingerprint density at radius 3 is 2.43 bits per heavy atom. The number of hydrogen-bond donors (Lipinski definition) is 2. The molecule has 0 aliphatic heterocycles. The van der Waals surface area contributed by atoms with Gasteiger partial charge < -0.3 is 5.32 Å². The lowest BCUT2D eigenvalue weighted by Crippen LogP contribution is -2.25. The zero-order chi connectivity index (χ0) is 15.2. The van der Waals surface area contributed by atoms with Crippen LogP contribution in [0.25, 0.3) is 0 Å². The number of anilines is 1. The maximum atomic E-state index is 5.27. The van der Waals surface area contributed by atoms with Gasteiger partial charge in [0, 0.05) is 11.9 Å². The van der Waals surface area contributed by atoms with Crippen molar-refractivity contribution < 1.29 is 0 Å². The van der Waals surface area contributed by atoms with Crippen LogP contribution in [0.1, 0.15) is 23.7 Å². The van der Waals surface area contributed by atoms with Crippen LogP contribution in [0.5, 0.6) is 0 Å². The van der Waals surface area contributed by atoms with Gasteiger partial charge in [-0.2, -0.15) is 5.10 Å². The van der Waals surface area contributed by atoms with E-state index in [-0.39, 0.29) is 0 Å². The first-order valence-electron chi connectivity index (χ1n) is 6.67. The van der Waals surface area contributed by atoms with Gasteiger partial charge in [-0.25, -0.2) is 0 Å². The Balaban J connectivity index is 2.03. The van der Waals surface area contributed by atoms with Crippen LogP contribution >= 0.6 is 12.2 Å². The largest absolute Gasteiger partial charge is 0.331 e. The minimum absolute atomic E-state index is 0.461. The van der Waals surface area contributed by atoms with Gasteiger partial charge in [0.1, 0.15) is 0 Å². The Hall–Kier alpha value is -2.27. The summed E-state index contributed by atoms with van der Waals surface area (Å²) in [6, 6.07) is 11.8. The maximum Gasteiger partial charge on any atom is 0.191 e. The molecule has 5 heteroatoms. The molecule has 0 bridgehead atoms. The fourth-order valence-corrected chi connectivity index (χ4v) is 2.07. The highest BCUT2D eigenvalue weighted by atomic mass is 32.1. The third-order valence-electron chi connectivity index (χ3n) is 3.08. The number of aromatic nitrogens is 1. The van der Waals surface area contributed by atoms with E-state index in [1.807, 2.05) is 57.2 Å². The Bertz CT molecular complexity index is 645. The van der Waals surface area contributed by atoms with Crippen molar-refractivity contribution in [3.63, 3.8) is 0 Å². The van der Waals surface area contributed by atoms with E-state index in [1.54, 1.807) is 6.20 Å². The molecule has 0 amide bonds. The van der Waals surface area contributed by atoms with Gasteiger partial charge in [-0.3, -0.25) is 10.4 Å². The van der Waals surface area contributed by atoms with Crippen LogP contribution in [0.4, 0.5) is 5.69 Å². The number of hydrazone groups is 1. The normalized spacial score (nSPS) is 11.1. The first kappa shape index (κ1) is 15.1. The predicted molar refractivity (Wildman–Crippen MR) is 91.7 cm³/mol. The zero-order valence-corrected chi connectivity index (χ0v) is 13.2. The van der Waals surface area contributed by atoms with Crippen LogP contribution < -0.4 is 10.7 Å². The van der Waals surface area contributed by atoms with Gasteiger partial charge in [0.2, 0.25) is 0 Å². The van der Waals surface area contributed by atoms with Crippen LogP contribution in [0.3, 0.4) is 0 Å². The van der Waals surface area contributed by atoms with Gasteiger partial charge in [-0.1, -0.05) is 24.3 Å². The summed E-state index contributed by atoms with van der Waals surface area (Å²) >= 11 is 5.27. The average molecular weight is 298 g/mol. The Kier molecular flexibility index (Phi) is 5.00. The summed E-state index contributed by atoms with van der Waals surface area (Å²) in [5.41, 5.74) is 7.75. The van der Waals surface area contributed by atoms with E-state index >= 15 is 0 Å². The lowest BCUT2D eigenvalue weighted by atomic mass is 10.1. The van der Waals surface area contributed by atoms with Crippen LogP contribution in [0, 0.1) is 13.8 Å². The molecule has 1 aromatic heterocycles.